The van der Waals surface area contributed by atoms with Gasteiger partial charge in [-0.1, -0.05) is 41.7 Å². The number of thioether (sulfide) groups is 2. The fraction of sp³-hybridized carbons (Fsp3) is 0.476. The largest absolute Gasteiger partial charge is 0.348 e. The number of aliphatic imine (C=N–C) groups is 1. The van der Waals surface area contributed by atoms with Gasteiger partial charge >= 0.3 is 0 Å². The molecule has 2 heterocycles. The normalized spacial score (nSPS) is 18.8. The van der Waals surface area contributed by atoms with E-state index in [1.165, 1.54) is 28.6 Å². The Morgan fingerprint density at radius 1 is 1.36 bits per heavy atom. The number of hydrogen-bond acceptors (Lipinski definition) is 5. The van der Waals surface area contributed by atoms with Crippen molar-refractivity contribution in [1.82, 2.24) is 15.1 Å². The molecule has 0 spiro atoms. The summed E-state index contributed by atoms with van der Waals surface area (Å²) in [7, 11) is 0. The van der Waals surface area contributed by atoms with Crippen LogP contribution in [0, 0.1) is 0 Å². The highest BCUT2D eigenvalue weighted by atomic mass is 32.2. The molecule has 1 aromatic heterocycles. The van der Waals surface area contributed by atoms with Gasteiger partial charge in [0.2, 0.25) is 5.91 Å². The number of carbonyl (C=O) groups excluding carboxylic acids is 1. The summed E-state index contributed by atoms with van der Waals surface area (Å²) in [5.41, 5.74) is 4.68. The summed E-state index contributed by atoms with van der Waals surface area (Å²) in [6.07, 6.45) is 5.02. The minimum Gasteiger partial charge on any atom is -0.348 e. The summed E-state index contributed by atoms with van der Waals surface area (Å²) in [4.78, 5) is 17.3. The molecule has 28 heavy (non-hydrogen) atoms. The lowest BCUT2D eigenvalue weighted by molar-refractivity contribution is -0.119. The van der Waals surface area contributed by atoms with Gasteiger partial charge in [-0.15, -0.1) is 0 Å². The number of hydrogen-bond donors (Lipinski definition) is 1. The van der Waals surface area contributed by atoms with Crippen molar-refractivity contribution in [3.05, 3.63) is 47.3 Å². The van der Waals surface area contributed by atoms with Crippen LogP contribution in [0.2, 0.25) is 0 Å². The van der Waals surface area contributed by atoms with Crippen molar-refractivity contribution in [3.63, 3.8) is 0 Å². The van der Waals surface area contributed by atoms with Gasteiger partial charge in [0.25, 0.3) is 0 Å². The highest BCUT2D eigenvalue weighted by molar-refractivity contribution is 8.38. The van der Waals surface area contributed by atoms with E-state index in [-0.39, 0.29) is 17.5 Å². The summed E-state index contributed by atoms with van der Waals surface area (Å²) in [6.45, 7) is 6.50. The van der Waals surface area contributed by atoms with Crippen molar-refractivity contribution in [2.45, 2.75) is 57.4 Å². The zero-order chi connectivity index (χ0) is 19.7. The van der Waals surface area contributed by atoms with Gasteiger partial charge in [0.05, 0.1) is 29.2 Å². The number of rotatable bonds is 3. The number of nitrogens with one attached hydrogen (secondary N) is 1. The topological polar surface area (TPSA) is 59.3 Å². The minimum absolute atomic E-state index is 0.0397. The third-order valence-corrected chi connectivity index (χ3v) is 7.28. The number of carbonyl (C=O) groups is 1. The summed E-state index contributed by atoms with van der Waals surface area (Å²) in [5, 5.41) is 7.83. The van der Waals surface area contributed by atoms with Gasteiger partial charge in [0.1, 0.15) is 4.38 Å². The third kappa shape index (κ3) is 4.15. The standard InChI is InChI=1S/C21H26N4OS2/c1-21(2,3)25-18-10-6-9-17(15(18)11-22-25)23-19(26)13-28-20-24-16-8-5-4-7-14(16)12-27-20/h4-5,7-8,11,17H,6,9-10,12-13H2,1-3H3,(H,23,26). The zero-order valence-corrected chi connectivity index (χ0v) is 18.2. The van der Waals surface area contributed by atoms with E-state index in [0.717, 1.165) is 35.1 Å². The molecule has 1 aliphatic carbocycles. The summed E-state index contributed by atoms with van der Waals surface area (Å²) in [5.74, 6) is 1.38. The molecule has 7 heteroatoms. The van der Waals surface area contributed by atoms with Crippen molar-refractivity contribution in [3.8, 4) is 0 Å². The third-order valence-electron chi connectivity index (χ3n) is 5.03. The number of nitrogens with zero attached hydrogens (tertiary/aromatic N) is 3. The first-order chi connectivity index (χ1) is 13.4. The van der Waals surface area contributed by atoms with E-state index in [4.69, 9.17) is 0 Å². The van der Waals surface area contributed by atoms with Gasteiger partial charge in [-0.05, 0) is 51.7 Å². The van der Waals surface area contributed by atoms with E-state index in [2.05, 4.69) is 46.9 Å². The number of para-hydroxylation sites is 1. The molecular formula is C21H26N4OS2. The Morgan fingerprint density at radius 2 is 2.18 bits per heavy atom. The molecule has 0 saturated heterocycles. The number of benzene rings is 1. The second-order valence-electron chi connectivity index (χ2n) is 8.23. The molecule has 1 atom stereocenters. The molecule has 4 rings (SSSR count). The molecule has 0 fully saturated rings. The van der Waals surface area contributed by atoms with Gasteiger partial charge in [-0.2, -0.15) is 5.10 Å². The van der Waals surface area contributed by atoms with E-state index < -0.39 is 0 Å². The number of amides is 1. The zero-order valence-electron chi connectivity index (χ0n) is 16.6. The maximum Gasteiger partial charge on any atom is 0.230 e. The highest BCUT2D eigenvalue weighted by Crippen LogP contribution is 2.35. The van der Waals surface area contributed by atoms with Crippen LogP contribution in [0.15, 0.2) is 35.5 Å². The predicted octanol–water partition coefficient (Wildman–Crippen LogP) is 4.80. The van der Waals surface area contributed by atoms with Crippen LogP contribution in [0.25, 0.3) is 0 Å². The fourth-order valence-electron chi connectivity index (χ4n) is 3.73. The maximum absolute atomic E-state index is 12.6. The minimum atomic E-state index is -0.0397. The fourth-order valence-corrected chi connectivity index (χ4v) is 5.61. The molecule has 0 bridgehead atoms. The highest BCUT2D eigenvalue weighted by Gasteiger charge is 2.29. The van der Waals surface area contributed by atoms with Crippen LogP contribution in [0.1, 0.15) is 56.5 Å². The van der Waals surface area contributed by atoms with Crippen LogP contribution >= 0.6 is 23.5 Å². The average Bonchev–Trinajstić information content (AvgIpc) is 3.12. The molecule has 1 aliphatic heterocycles. The Labute approximate surface area is 174 Å². The molecule has 148 valence electrons. The lowest BCUT2D eigenvalue weighted by Crippen LogP contribution is -2.33. The first-order valence-electron chi connectivity index (χ1n) is 9.70. The van der Waals surface area contributed by atoms with E-state index in [1.54, 1.807) is 11.8 Å². The summed E-state index contributed by atoms with van der Waals surface area (Å²) < 4.78 is 3.08. The van der Waals surface area contributed by atoms with Gasteiger partial charge in [0, 0.05) is 17.0 Å². The Balaban J connectivity index is 1.38. The maximum atomic E-state index is 12.6. The lowest BCUT2D eigenvalue weighted by atomic mass is 9.92. The van der Waals surface area contributed by atoms with Crippen molar-refractivity contribution in [2.24, 2.45) is 4.99 Å². The Kier molecular flexibility index (Phi) is 5.56. The van der Waals surface area contributed by atoms with E-state index in [1.807, 2.05) is 24.4 Å². The Morgan fingerprint density at radius 3 is 3.00 bits per heavy atom. The molecule has 2 aromatic rings. The first kappa shape index (κ1) is 19.6. The number of aromatic nitrogens is 2. The van der Waals surface area contributed by atoms with Crippen LogP contribution in [-0.4, -0.2) is 25.8 Å². The van der Waals surface area contributed by atoms with Crippen molar-refractivity contribution in [2.75, 3.05) is 5.75 Å². The molecular weight excluding hydrogens is 388 g/mol. The molecule has 5 nitrogen and oxygen atoms in total. The molecule has 2 aliphatic rings. The summed E-state index contributed by atoms with van der Waals surface area (Å²) in [6, 6.07) is 8.26. The summed E-state index contributed by atoms with van der Waals surface area (Å²) >= 11 is 3.24. The van der Waals surface area contributed by atoms with E-state index in [0.29, 0.717) is 5.75 Å². The van der Waals surface area contributed by atoms with E-state index in [9.17, 15) is 4.79 Å². The molecule has 1 aromatic carbocycles. The molecule has 1 unspecified atom stereocenters. The van der Waals surface area contributed by atoms with Crippen LogP contribution in [0.5, 0.6) is 0 Å². The predicted molar refractivity (Wildman–Crippen MR) is 118 cm³/mol. The second kappa shape index (κ2) is 7.95. The van der Waals surface area contributed by atoms with E-state index >= 15 is 0 Å². The lowest BCUT2D eigenvalue weighted by Gasteiger charge is -2.28. The number of fused-ring (bicyclic) bond motifs is 2. The molecule has 0 radical (unpaired) electrons. The van der Waals surface area contributed by atoms with Gasteiger partial charge < -0.3 is 5.32 Å². The smallest absolute Gasteiger partial charge is 0.230 e. The van der Waals surface area contributed by atoms with Gasteiger partial charge in [-0.25, -0.2) is 4.99 Å². The Hall–Kier alpha value is -1.73. The van der Waals surface area contributed by atoms with Crippen molar-refractivity contribution in [1.29, 1.82) is 0 Å². The van der Waals surface area contributed by atoms with Crippen LogP contribution in [0.3, 0.4) is 0 Å². The van der Waals surface area contributed by atoms with Crippen molar-refractivity contribution >= 4 is 39.5 Å². The average molecular weight is 415 g/mol. The Bertz CT molecular complexity index is 913. The van der Waals surface area contributed by atoms with Gasteiger partial charge in [-0.3, -0.25) is 9.48 Å². The first-order valence-corrected chi connectivity index (χ1v) is 11.7. The second-order valence-corrected chi connectivity index (χ2v) is 10.4. The van der Waals surface area contributed by atoms with Crippen LogP contribution in [0.4, 0.5) is 5.69 Å². The quantitative estimate of drug-likeness (QED) is 0.784. The molecule has 0 saturated carbocycles. The SMILES string of the molecule is CC(C)(C)n1ncc2c1CCCC2NC(=O)CSC1=Nc2ccccc2CS1. The molecule has 1 N–H and O–H groups in total. The monoisotopic (exact) mass is 414 g/mol. The van der Waals surface area contributed by atoms with Gasteiger partial charge in [0.15, 0.2) is 0 Å². The van der Waals surface area contributed by atoms with Crippen molar-refractivity contribution < 1.29 is 4.79 Å². The molecule has 1 amide bonds. The van der Waals surface area contributed by atoms with Crippen LogP contribution in [-0.2, 0) is 22.5 Å². The van der Waals surface area contributed by atoms with Crippen LogP contribution < -0.4 is 5.32 Å².